The van der Waals surface area contributed by atoms with Crippen LogP contribution in [-0.4, -0.2) is 12.4 Å². The highest BCUT2D eigenvalue weighted by Gasteiger charge is 2.00. The van der Waals surface area contributed by atoms with Gasteiger partial charge in [-0.1, -0.05) is 17.7 Å². The van der Waals surface area contributed by atoms with E-state index in [2.05, 4.69) is 0 Å². The molecule has 0 aromatic heterocycles. The lowest BCUT2D eigenvalue weighted by Crippen LogP contribution is -2.00. The largest absolute Gasteiger partial charge is 0.493 e. The van der Waals surface area contributed by atoms with Crippen molar-refractivity contribution >= 4 is 17.4 Å². The maximum atomic E-state index is 10.7. The van der Waals surface area contributed by atoms with Gasteiger partial charge in [0.05, 0.1) is 6.61 Å². The van der Waals surface area contributed by atoms with Gasteiger partial charge in [-0.2, -0.15) is 0 Å². The molecule has 0 heterocycles. The summed E-state index contributed by atoms with van der Waals surface area (Å²) in [5.41, 5.74) is 1.08. The molecular formula is C13H17ClO2. The van der Waals surface area contributed by atoms with Crippen LogP contribution in [-0.2, 0) is 4.79 Å². The normalized spacial score (nSPS) is 10.2. The number of rotatable bonds is 6. The Morgan fingerprint density at radius 3 is 2.81 bits per heavy atom. The van der Waals surface area contributed by atoms with Crippen LogP contribution in [0.3, 0.4) is 0 Å². The van der Waals surface area contributed by atoms with Crippen LogP contribution in [0.2, 0.25) is 5.02 Å². The maximum absolute atomic E-state index is 10.7. The van der Waals surface area contributed by atoms with Crippen LogP contribution in [0.5, 0.6) is 5.75 Å². The van der Waals surface area contributed by atoms with Gasteiger partial charge < -0.3 is 9.53 Å². The molecule has 3 heteroatoms. The predicted molar refractivity (Wildman–Crippen MR) is 66.2 cm³/mol. The number of Topliss-reactive ketones (excluding diaryl/α,β-unsaturated/α-hetero) is 1. The van der Waals surface area contributed by atoms with Crippen LogP contribution in [0, 0.1) is 6.92 Å². The summed E-state index contributed by atoms with van der Waals surface area (Å²) in [5.74, 6) is 1.06. The summed E-state index contributed by atoms with van der Waals surface area (Å²) < 4.78 is 5.60. The third-order valence-electron chi connectivity index (χ3n) is 2.33. The second kappa shape index (κ2) is 6.54. The Morgan fingerprint density at radius 2 is 2.12 bits per heavy atom. The topological polar surface area (TPSA) is 26.3 Å². The molecule has 0 atom stereocenters. The average Bonchev–Trinajstić information content (AvgIpc) is 2.22. The molecule has 0 aliphatic heterocycles. The first kappa shape index (κ1) is 13.0. The minimum Gasteiger partial charge on any atom is -0.493 e. The van der Waals surface area contributed by atoms with Crippen molar-refractivity contribution in [3.05, 3.63) is 28.8 Å². The van der Waals surface area contributed by atoms with E-state index in [1.54, 1.807) is 6.92 Å². The van der Waals surface area contributed by atoms with Crippen LogP contribution >= 0.6 is 11.6 Å². The van der Waals surface area contributed by atoms with Gasteiger partial charge in [-0.05, 0) is 44.4 Å². The van der Waals surface area contributed by atoms with Gasteiger partial charge in [0, 0.05) is 11.4 Å². The summed E-state index contributed by atoms with van der Waals surface area (Å²) >= 11 is 5.87. The molecule has 0 amide bonds. The standard InChI is InChI=1S/C13H17ClO2/c1-10-6-7-12(14)9-13(10)16-8-4-3-5-11(2)15/h6-7,9H,3-5,8H2,1-2H3. The van der Waals surface area contributed by atoms with Crippen molar-refractivity contribution in [2.75, 3.05) is 6.61 Å². The smallest absolute Gasteiger partial charge is 0.129 e. The van der Waals surface area contributed by atoms with E-state index < -0.39 is 0 Å². The number of halogens is 1. The van der Waals surface area contributed by atoms with Crippen LogP contribution in [0.1, 0.15) is 31.7 Å². The molecule has 1 aromatic carbocycles. The van der Waals surface area contributed by atoms with Gasteiger partial charge >= 0.3 is 0 Å². The Morgan fingerprint density at radius 1 is 1.38 bits per heavy atom. The number of hydrogen-bond donors (Lipinski definition) is 0. The van der Waals surface area contributed by atoms with Crippen molar-refractivity contribution in [1.82, 2.24) is 0 Å². The highest BCUT2D eigenvalue weighted by Crippen LogP contribution is 2.22. The molecular weight excluding hydrogens is 224 g/mol. The lowest BCUT2D eigenvalue weighted by atomic mass is 10.2. The molecule has 0 fully saturated rings. The zero-order valence-corrected chi connectivity index (χ0v) is 10.5. The molecule has 88 valence electrons. The summed E-state index contributed by atoms with van der Waals surface area (Å²) in [7, 11) is 0. The van der Waals surface area contributed by atoms with Crippen LogP contribution in [0.15, 0.2) is 18.2 Å². The van der Waals surface area contributed by atoms with Crippen molar-refractivity contribution < 1.29 is 9.53 Å². The van der Waals surface area contributed by atoms with Crippen LogP contribution in [0.25, 0.3) is 0 Å². The Hall–Kier alpha value is -1.02. The van der Waals surface area contributed by atoms with Crippen molar-refractivity contribution in [1.29, 1.82) is 0 Å². The summed E-state index contributed by atoms with van der Waals surface area (Å²) in [5, 5.41) is 0.685. The molecule has 2 nitrogen and oxygen atoms in total. The maximum Gasteiger partial charge on any atom is 0.129 e. The van der Waals surface area contributed by atoms with Gasteiger partial charge in [0.15, 0.2) is 0 Å². The summed E-state index contributed by atoms with van der Waals surface area (Å²) in [4.78, 5) is 10.7. The number of benzene rings is 1. The molecule has 1 aromatic rings. The van der Waals surface area contributed by atoms with E-state index in [0.29, 0.717) is 18.1 Å². The molecule has 0 N–H and O–H groups in total. The van der Waals surface area contributed by atoms with Gasteiger partial charge in [-0.3, -0.25) is 0 Å². The summed E-state index contributed by atoms with van der Waals surface area (Å²) in [6.07, 6.45) is 2.42. The van der Waals surface area contributed by atoms with Gasteiger partial charge in [0.25, 0.3) is 0 Å². The van der Waals surface area contributed by atoms with Gasteiger partial charge in [0.1, 0.15) is 11.5 Å². The van der Waals surface area contributed by atoms with E-state index in [0.717, 1.165) is 24.2 Å². The molecule has 0 aliphatic rings. The first-order valence-electron chi connectivity index (χ1n) is 5.48. The quantitative estimate of drug-likeness (QED) is 0.708. The van der Waals surface area contributed by atoms with E-state index in [4.69, 9.17) is 16.3 Å². The highest BCUT2D eigenvalue weighted by atomic mass is 35.5. The monoisotopic (exact) mass is 240 g/mol. The number of ether oxygens (including phenoxy) is 1. The minimum absolute atomic E-state index is 0.235. The minimum atomic E-state index is 0.235. The van der Waals surface area contributed by atoms with Gasteiger partial charge in [-0.15, -0.1) is 0 Å². The fourth-order valence-electron chi connectivity index (χ4n) is 1.39. The lowest BCUT2D eigenvalue weighted by molar-refractivity contribution is -0.117. The van der Waals surface area contributed by atoms with Crippen molar-refractivity contribution in [2.45, 2.75) is 33.1 Å². The number of carbonyl (C=O) groups is 1. The second-order valence-corrected chi connectivity index (χ2v) is 4.35. The Bertz CT molecular complexity index is 361. The third kappa shape index (κ3) is 4.67. The Labute approximate surface area is 102 Å². The first-order chi connectivity index (χ1) is 7.59. The van der Waals surface area contributed by atoms with E-state index in [9.17, 15) is 4.79 Å². The lowest BCUT2D eigenvalue weighted by Gasteiger charge is -2.08. The Balaban J connectivity index is 2.31. The zero-order valence-electron chi connectivity index (χ0n) is 9.75. The third-order valence-corrected chi connectivity index (χ3v) is 2.57. The fraction of sp³-hybridized carbons (Fsp3) is 0.462. The van der Waals surface area contributed by atoms with E-state index in [1.807, 2.05) is 25.1 Å². The number of hydrogen-bond acceptors (Lipinski definition) is 2. The van der Waals surface area contributed by atoms with Crippen LogP contribution in [0.4, 0.5) is 0 Å². The van der Waals surface area contributed by atoms with E-state index >= 15 is 0 Å². The first-order valence-corrected chi connectivity index (χ1v) is 5.86. The Kier molecular flexibility index (Phi) is 5.33. The highest BCUT2D eigenvalue weighted by molar-refractivity contribution is 6.30. The SMILES string of the molecule is CC(=O)CCCCOc1cc(Cl)ccc1C. The molecule has 1 rings (SSSR count). The van der Waals surface area contributed by atoms with Crippen molar-refractivity contribution in [3.8, 4) is 5.75 Å². The van der Waals surface area contributed by atoms with Gasteiger partial charge in [-0.25, -0.2) is 0 Å². The molecule has 0 saturated carbocycles. The predicted octanol–water partition coefficient (Wildman–Crippen LogP) is 3.79. The number of ketones is 1. The molecule has 0 bridgehead atoms. The molecule has 0 saturated heterocycles. The molecule has 0 radical (unpaired) electrons. The van der Waals surface area contributed by atoms with Gasteiger partial charge in [0.2, 0.25) is 0 Å². The van der Waals surface area contributed by atoms with Crippen molar-refractivity contribution in [2.24, 2.45) is 0 Å². The second-order valence-electron chi connectivity index (χ2n) is 3.92. The molecule has 0 unspecified atom stereocenters. The molecule has 0 spiro atoms. The zero-order chi connectivity index (χ0) is 12.0. The molecule has 0 aliphatic carbocycles. The summed E-state index contributed by atoms with van der Waals surface area (Å²) in [6, 6.07) is 5.61. The van der Waals surface area contributed by atoms with E-state index in [1.165, 1.54) is 0 Å². The fourth-order valence-corrected chi connectivity index (χ4v) is 1.55. The van der Waals surface area contributed by atoms with Crippen molar-refractivity contribution in [3.63, 3.8) is 0 Å². The molecule has 16 heavy (non-hydrogen) atoms. The number of unbranched alkanes of at least 4 members (excludes halogenated alkanes) is 1. The number of carbonyl (C=O) groups excluding carboxylic acids is 1. The average molecular weight is 241 g/mol. The van der Waals surface area contributed by atoms with Crippen LogP contribution < -0.4 is 4.74 Å². The summed E-state index contributed by atoms with van der Waals surface area (Å²) in [6.45, 7) is 4.23. The van der Waals surface area contributed by atoms with E-state index in [-0.39, 0.29) is 5.78 Å². The number of aryl methyl sites for hydroxylation is 1.